The van der Waals surface area contributed by atoms with Crippen molar-refractivity contribution < 1.29 is 14.9 Å². The van der Waals surface area contributed by atoms with Gasteiger partial charge < -0.3 is 14.9 Å². The molecule has 0 aromatic heterocycles. The molecular weight excluding hydrogens is 240 g/mol. The van der Waals surface area contributed by atoms with Gasteiger partial charge in [0.25, 0.3) is 0 Å². The molecule has 0 spiro atoms. The molecule has 110 valence electrons. The zero-order valence-corrected chi connectivity index (χ0v) is 12.5. The summed E-state index contributed by atoms with van der Waals surface area (Å²) in [6.45, 7) is 6.33. The molecule has 1 saturated heterocycles. The van der Waals surface area contributed by atoms with Crippen LogP contribution in [0.4, 0.5) is 0 Å². The Kier molecular flexibility index (Phi) is 3.05. The Hall–Kier alpha value is -0.120. The Morgan fingerprint density at radius 3 is 2.42 bits per heavy atom. The van der Waals surface area contributed by atoms with Crippen molar-refractivity contribution in [1.82, 2.24) is 0 Å². The van der Waals surface area contributed by atoms with Gasteiger partial charge in [-0.2, -0.15) is 0 Å². The second-order valence-corrected chi connectivity index (χ2v) is 7.51. The number of hydrogen-bond donors (Lipinski definition) is 2. The fourth-order valence-corrected chi connectivity index (χ4v) is 5.05. The van der Waals surface area contributed by atoms with E-state index in [0.29, 0.717) is 12.3 Å². The van der Waals surface area contributed by atoms with E-state index < -0.39 is 11.4 Å². The summed E-state index contributed by atoms with van der Waals surface area (Å²) in [6, 6.07) is 0. The highest BCUT2D eigenvalue weighted by atomic mass is 16.6. The first-order valence-electron chi connectivity index (χ1n) is 7.95. The van der Waals surface area contributed by atoms with Crippen LogP contribution in [0.5, 0.6) is 0 Å². The molecule has 3 heteroatoms. The smallest absolute Gasteiger partial charge is 0.168 e. The normalized spacial score (nSPS) is 57.6. The van der Waals surface area contributed by atoms with Crippen LogP contribution in [0, 0.1) is 17.3 Å². The molecule has 0 amide bonds. The lowest BCUT2D eigenvalue weighted by molar-refractivity contribution is -0.322. The Bertz CT molecular complexity index is 367. The topological polar surface area (TPSA) is 49.7 Å². The number of fused-ring (bicyclic) bond motifs is 3. The molecule has 2 saturated carbocycles. The summed E-state index contributed by atoms with van der Waals surface area (Å²) in [6.07, 6.45) is 6.73. The van der Waals surface area contributed by atoms with E-state index in [9.17, 15) is 10.2 Å². The molecule has 2 aliphatic carbocycles. The lowest BCUT2D eigenvalue weighted by Gasteiger charge is -2.56. The van der Waals surface area contributed by atoms with Gasteiger partial charge >= 0.3 is 0 Å². The summed E-state index contributed by atoms with van der Waals surface area (Å²) < 4.78 is 6.02. The Balaban J connectivity index is 1.88. The summed E-state index contributed by atoms with van der Waals surface area (Å²) >= 11 is 0. The van der Waals surface area contributed by atoms with Gasteiger partial charge in [0.2, 0.25) is 0 Å². The Morgan fingerprint density at radius 2 is 1.74 bits per heavy atom. The van der Waals surface area contributed by atoms with E-state index in [1.165, 1.54) is 0 Å². The SMILES string of the molecule is CCC1CCC2C3CCC(C)(O)C3(C)CCC2(O)O1. The number of ether oxygens (including phenoxy) is 1. The number of aliphatic hydroxyl groups is 2. The lowest BCUT2D eigenvalue weighted by atomic mass is 9.57. The average Bonchev–Trinajstić information content (AvgIpc) is 2.60. The maximum atomic E-state index is 10.9. The zero-order valence-electron chi connectivity index (χ0n) is 12.5. The second kappa shape index (κ2) is 4.19. The fraction of sp³-hybridized carbons (Fsp3) is 1.00. The van der Waals surface area contributed by atoms with E-state index in [-0.39, 0.29) is 17.4 Å². The van der Waals surface area contributed by atoms with E-state index >= 15 is 0 Å². The zero-order chi connectivity index (χ0) is 13.9. The molecule has 3 fully saturated rings. The molecule has 3 nitrogen and oxygen atoms in total. The molecule has 19 heavy (non-hydrogen) atoms. The summed E-state index contributed by atoms with van der Waals surface area (Å²) in [5, 5.41) is 21.6. The Labute approximate surface area is 116 Å². The monoisotopic (exact) mass is 268 g/mol. The van der Waals surface area contributed by atoms with Crippen LogP contribution >= 0.6 is 0 Å². The van der Waals surface area contributed by atoms with Crippen LogP contribution in [0.2, 0.25) is 0 Å². The number of hydrogen-bond acceptors (Lipinski definition) is 3. The van der Waals surface area contributed by atoms with Gasteiger partial charge in [-0.1, -0.05) is 13.8 Å². The molecule has 6 atom stereocenters. The van der Waals surface area contributed by atoms with Gasteiger partial charge in [-0.15, -0.1) is 0 Å². The third kappa shape index (κ3) is 1.81. The summed E-state index contributed by atoms with van der Waals surface area (Å²) in [7, 11) is 0. The summed E-state index contributed by atoms with van der Waals surface area (Å²) in [5.41, 5.74) is -0.632. The third-order valence-corrected chi connectivity index (χ3v) is 6.68. The first-order chi connectivity index (χ1) is 8.82. The van der Waals surface area contributed by atoms with Crippen molar-refractivity contribution in [2.45, 2.75) is 83.2 Å². The van der Waals surface area contributed by atoms with E-state index in [1.807, 2.05) is 6.92 Å². The minimum atomic E-state index is -0.927. The van der Waals surface area contributed by atoms with E-state index in [0.717, 1.165) is 38.5 Å². The summed E-state index contributed by atoms with van der Waals surface area (Å²) in [4.78, 5) is 0. The van der Waals surface area contributed by atoms with Crippen LogP contribution in [-0.4, -0.2) is 27.7 Å². The maximum absolute atomic E-state index is 10.9. The van der Waals surface area contributed by atoms with Gasteiger partial charge in [-0.25, -0.2) is 0 Å². The minimum Gasteiger partial charge on any atom is -0.390 e. The third-order valence-electron chi connectivity index (χ3n) is 6.68. The van der Waals surface area contributed by atoms with Crippen LogP contribution < -0.4 is 0 Å². The molecule has 3 aliphatic rings. The van der Waals surface area contributed by atoms with Gasteiger partial charge in [0.05, 0.1) is 11.7 Å². The molecule has 3 rings (SSSR count). The first-order valence-corrected chi connectivity index (χ1v) is 7.95. The highest BCUT2D eigenvalue weighted by Crippen LogP contribution is 2.63. The molecule has 2 N–H and O–H groups in total. The molecule has 1 heterocycles. The molecule has 6 unspecified atom stereocenters. The van der Waals surface area contributed by atoms with Crippen LogP contribution in [0.3, 0.4) is 0 Å². The first kappa shape index (κ1) is 13.8. The summed E-state index contributed by atoms with van der Waals surface area (Å²) in [5.74, 6) is -0.314. The molecule has 0 radical (unpaired) electrons. The largest absolute Gasteiger partial charge is 0.390 e. The van der Waals surface area contributed by atoms with Gasteiger partial charge in [-0.3, -0.25) is 0 Å². The van der Waals surface area contributed by atoms with Crippen molar-refractivity contribution in [2.75, 3.05) is 0 Å². The van der Waals surface area contributed by atoms with Crippen LogP contribution in [0.25, 0.3) is 0 Å². The highest BCUT2D eigenvalue weighted by Gasteiger charge is 2.63. The highest BCUT2D eigenvalue weighted by molar-refractivity contribution is 5.11. The van der Waals surface area contributed by atoms with Crippen LogP contribution in [-0.2, 0) is 4.74 Å². The van der Waals surface area contributed by atoms with Crippen LogP contribution in [0.15, 0.2) is 0 Å². The average molecular weight is 268 g/mol. The van der Waals surface area contributed by atoms with Crippen molar-refractivity contribution in [1.29, 1.82) is 0 Å². The van der Waals surface area contributed by atoms with Gasteiger partial charge in [0.15, 0.2) is 5.79 Å². The van der Waals surface area contributed by atoms with Crippen molar-refractivity contribution in [3.05, 3.63) is 0 Å². The number of rotatable bonds is 1. The lowest BCUT2D eigenvalue weighted by Crippen LogP contribution is -2.59. The van der Waals surface area contributed by atoms with Crippen LogP contribution in [0.1, 0.15) is 65.7 Å². The van der Waals surface area contributed by atoms with Crippen molar-refractivity contribution in [3.63, 3.8) is 0 Å². The molecule has 1 aliphatic heterocycles. The molecule has 0 aromatic rings. The minimum absolute atomic E-state index is 0.0493. The van der Waals surface area contributed by atoms with E-state index in [1.54, 1.807) is 0 Å². The molecule has 0 bridgehead atoms. The fourth-order valence-electron chi connectivity index (χ4n) is 5.05. The van der Waals surface area contributed by atoms with Gasteiger partial charge in [0, 0.05) is 12.3 Å². The van der Waals surface area contributed by atoms with E-state index in [2.05, 4.69) is 13.8 Å². The van der Waals surface area contributed by atoms with Crippen molar-refractivity contribution >= 4 is 0 Å². The standard InChI is InChI=1S/C16H28O3/c1-4-11-5-6-13-12-7-8-15(3,17)14(12,2)9-10-16(13,18)19-11/h11-13,17-18H,4-10H2,1-3H3. The maximum Gasteiger partial charge on any atom is 0.168 e. The second-order valence-electron chi connectivity index (χ2n) is 7.51. The molecule has 0 aromatic carbocycles. The Morgan fingerprint density at radius 1 is 1.00 bits per heavy atom. The predicted molar refractivity (Wildman–Crippen MR) is 73.5 cm³/mol. The van der Waals surface area contributed by atoms with Crippen molar-refractivity contribution in [2.24, 2.45) is 17.3 Å². The van der Waals surface area contributed by atoms with Gasteiger partial charge in [-0.05, 0) is 56.8 Å². The quantitative estimate of drug-likeness (QED) is 0.769. The van der Waals surface area contributed by atoms with Gasteiger partial charge in [0.1, 0.15) is 0 Å². The molecular formula is C16H28O3. The van der Waals surface area contributed by atoms with Crippen molar-refractivity contribution in [3.8, 4) is 0 Å². The predicted octanol–water partition coefficient (Wildman–Crippen LogP) is 2.84. The van der Waals surface area contributed by atoms with E-state index in [4.69, 9.17) is 4.74 Å².